The van der Waals surface area contributed by atoms with Crippen LogP contribution >= 0.6 is 11.3 Å². The number of nitrogens with one attached hydrogen (secondary N) is 2. The van der Waals surface area contributed by atoms with Crippen molar-refractivity contribution >= 4 is 17.2 Å². The van der Waals surface area contributed by atoms with Gasteiger partial charge in [0.05, 0.1) is 6.54 Å². The van der Waals surface area contributed by atoms with Crippen LogP contribution in [0.5, 0.6) is 0 Å². The van der Waals surface area contributed by atoms with Gasteiger partial charge in [-0.3, -0.25) is 9.59 Å². The smallest absolute Gasteiger partial charge is 0.261 e. The molecule has 3 rings (SSSR count). The van der Waals surface area contributed by atoms with Crippen molar-refractivity contribution < 1.29 is 4.79 Å². The molecule has 0 aliphatic rings. The number of benzene rings is 1. The van der Waals surface area contributed by atoms with E-state index < -0.39 is 11.5 Å². The molecule has 0 saturated carbocycles. The van der Waals surface area contributed by atoms with Crippen LogP contribution < -0.4 is 10.9 Å². The zero-order valence-electron chi connectivity index (χ0n) is 11.6. The van der Waals surface area contributed by atoms with Crippen LogP contribution in [0, 0.1) is 0 Å². The van der Waals surface area contributed by atoms with Crippen LogP contribution in [-0.2, 0) is 6.54 Å². The average molecular weight is 311 g/mol. The molecule has 1 amide bonds. The molecule has 0 atom stereocenters. The van der Waals surface area contributed by atoms with Crippen molar-refractivity contribution in [3.05, 3.63) is 75.0 Å². The predicted molar refractivity (Wildman–Crippen MR) is 85.8 cm³/mol. The predicted octanol–water partition coefficient (Wildman–Crippen LogP) is 2.43. The van der Waals surface area contributed by atoms with E-state index in [1.54, 1.807) is 18.3 Å². The second-order valence-electron chi connectivity index (χ2n) is 4.59. The second-order valence-corrected chi connectivity index (χ2v) is 5.57. The number of pyridine rings is 1. The van der Waals surface area contributed by atoms with Gasteiger partial charge in [0, 0.05) is 17.3 Å². The largest absolute Gasteiger partial charge is 0.345 e. The third-order valence-corrected chi connectivity index (χ3v) is 3.90. The molecule has 0 spiro atoms. The van der Waals surface area contributed by atoms with Crippen LogP contribution in [0.2, 0.25) is 0 Å². The van der Waals surface area contributed by atoms with E-state index in [2.05, 4.69) is 15.3 Å². The molecule has 6 heteroatoms. The molecule has 22 heavy (non-hydrogen) atoms. The summed E-state index contributed by atoms with van der Waals surface area (Å²) in [5.41, 5.74) is 1.27. The minimum absolute atomic E-state index is 0.0937. The normalized spacial score (nSPS) is 10.4. The summed E-state index contributed by atoms with van der Waals surface area (Å²) < 4.78 is 0. The topological polar surface area (TPSA) is 74.8 Å². The van der Waals surface area contributed by atoms with Crippen molar-refractivity contribution in [2.75, 3.05) is 0 Å². The fourth-order valence-electron chi connectivity index (χ4n) is 2.03. The van der Waals surface area contributed by atoms with Crippen LogP contribution in [0.1, 0.15) is 15.4 Å². The van der Waals surface area contributed by atoms with Crippen molar-refractivity contribution in [3.8, 4) is 11.3 Å². The number of amides is 1. The molecule has 110 valence electrons. The molecular formula is C16H13N3O2S. The summed E-state index contributed by atoms with van der Waals surface area (Å²) in [6.45, 7) is 0.316. The lowest BCUT2D eigenvalue weighted by atomic mass is 10.1. The third kappa shape index (κ3) is 3.12. The Hall–Kier alpha value is -2.73. The van der Waals surface area contributed by atoms with Crippen molar-refractivity contribution in [1.29, 1.82) is 0 Å². The maximum atomic E-state index is 12.1. The summed E-state index contributed by atoms with van der Waals surface area (Å²) in [7, 11) is 0. The Morgan fingerprint density at radius 3 is 2.68 bits per heavy atom. The molecule has 0 fully saturated rings. The SMILES string of the molecule is O=C(NCc1nccs1)c1ccc(-c2ccccc2)[nH]c1=O. The van der Waals surface area contributed by atoms with Gasteiger partial charge in [-0.1, -0.05) is 30.3 Å². The van der Waals surface area contributed by atoms with Gasteiger partial charge < -0.3 is 10.3 Å². The van der Waals surface area contributed by atoms with Crippen LogP contribution in [0.15, 0.2) is 58.8 Å². The van der Waals surface area contributed by atoms with Crippen LogP contribution in [0.25, 0.3) is 11.3 Å². The van der Waals surface area contributed by atoms with E-state index in [-0.39, 0.29) is 5.56 Å². The van der Waals surface area contributed by atoms with E-state index in [1.807, 2.05) is 35.7 Å². The van der Waals surface area contributed by atoms with Gasteiger partial charge in [-0.25, -0.2) is 4.98 Å². The van der Waals surface area contributed by atoms with Crippen molar-refractivity contribution in [2.45, 2.75) is 6.54 Å². The fraction of sp³-hybridized carbons (Fsp3) is 0.0625. The number of thiazole rings is 1. The lowest BCUT2D eigenvalue weighted by Crippen LogP contribution is -2.29. The first kappa shape index (κ1) is 14.2. The quantitative estimate of drug-likeness (QED) is 0.777. The summed E-state index contributed by atoms with van der Waals surface area (Å²) in [5.74, 6) is -0.406. The molecule has 2 heterocycles. The maximum Gasteiger partial charge on any atom is 0.261 e. The number of nitrogens with zero attached hydrogens (tertiary/aromatic N) is 1. The minimum atomic E-state index is -0.406. The molecule has 0 unspecified atom stereocenters. The Bertz CT molecular complexity index is 826. The number of H-pyrrole nitrogens is 1. The van der Waals surface area contributed by atoms with Gasteiger partial charge in [-0.2, -0.15) is 0 Å². The van der Waals surface area contributed by atoms with E-state index in [1.165, 1.54) is 11.3 Å². The van der Waals surface area contributed by atoms with Crippen molar-refractivity contribution in [3.63, 3.8) is 0 Å². The number of carbonyl (C=O) groups is 1. The first-order chi connectivity index (χ1) is 10.7. The third-order valence-electron chi connectivity index (χ3n) is 3.12. The van der Waals surface area contributed by atoms with Gasteiger partial charge in [0.15, 0.2) is 0 Å². The van der Waals surface area contributed by atoms with Gasteiger partial charge in [0.25, 0.3) is 11.5 Å². The number of aromatic amines is 1. The number of rotatable bonds is 4. The zero-order chi connectivity index (χ0) is 15.4. The van der Waals surface area contributed by atoms with Gasteiger partial charge >= 0.3 is 0 Å². The van der Waals surface area contributed by atoms with Crippen LogP contribution in [0.4, 0.5) is 0 Å². The fourth-order valence-corrected chi connectivity index (χ4v) is 2.59. The highest BCUT2D eigenvalue weighted by Crippen LogP contribution is 2.14. The molecule has 0 bridgehead atoms. The first-order valence-corrected chi connectivity index (χ1v) is 7.57. The van der Waals surface area contributed by atoms with Crippen LogP contribution in [-0.4, -0.2) is 15.9 Å². The molecule has 0 saturated heterocycles. The van der Waals surface area contributed by atoms with E-state index >= 15 is 0 Å². The van der Waals surface area contributed by atoms with Gasteiger partial charge in [0.1, 0.15) is 10.6 Å². The monoisotopic (exact) mass is 311 g/mol. The second kappa shape index (κ2) is 6.36. The Balaban J connectivity index is 1.77. The Morgan fingerprint density at radius 2 is 2.00 bits per heavy atom. The lowest BCUT2D eigenvalue weighted by Gasteiger charge is -2.05. The molecule has 0 aliphatic heterocycles. The number of hydrogen-bond acceptors (Lipinski definition) is 4. The lowest BCUT2D eigenvalue weighted by molar-refractivity contribution is 0.0949. The summed E-state index contributed by atoms with van der Waals surface area (Å²) in [6, 6.07) is 12.8. The number of carbonyl (C=O) groups excluding carboxylic acids is 1. The van der Waals surface area contributed by atoms with E-state index in [9.17, 15) is 9.59 Å². The van der Waals surface area contributed by atoms with Crippen LogP contribution in [0.3, 0.4) is 0 Å². The highest BCUT2D eigenvalue weighted by molar-refractivity contribution is 7.09. The summed E-state index contributed by atoms with van der Waals surface area (Å²) in [5, 5.41) is 5.32. The summed E-state index contributed by atoms with van der Waals surface area (Å²) >= 11 is 1.45. The highest BCUT2D eigenvalue weighted by Gasteiger charge is 2.11. The number of hydrogen-bond donors (Lipinski definition) is 2. The molecule has 2 N–H and O–H groups in total. The molecule has 3 aromatic rings. The molecule has 0 radical (unpaired) electrons. The molecule has 1 aromatic carbocycles. The van der Waals surface area contributed by atoms with E-state index in [0.717, 1.165) is 10.6 Å². The van der Waals surface area contributed by atoms with Gasteiger partial charge in [0.2, 0.25) is 0 Å². The summed E-state index contributed by atoms with van der Waals surface area (Å²) in [6.07, 6.45) is 1.67. The molecule has 0 aliphatic carbocycles. The van der Waals surface area contributed by atoms with Gasteiger partial charge in [-0.05, 0) is 17.7 Å². The van der Waals surface area contributed by atoms with Gasteiger partial charge in [-0.15, -0.1) is 11.3 Å². The Kier molecular flexibility index (Phi) is 4.11. The summed E-state index contributed by atoms with van der Waals surface area (Å²) in [4.78, 5) is 31.0. The average Bonchev–Trinajstić information content (AvgIpc) is 3.07. The Labute approximate surface area is 130 Å². The standard InChI is InChI=1S/C16H13N3O2S/c20-15(18-10-14-17-8-9-22-14)12-6-7-13(19-16(12)21)11-4-2-1-3-5-11/h1-9H,10H2,(H,18,20)(H,19,21). The van der Waals surface area contributed by atoms with Crippen molar-refractivity contribution in [1.82, 2.24) is 15.3 Å². The highest BCUT2D eigenvalue weighted by atomic mass is 32.1. The van der Waals surface area contributed by atoms with E-state index in [4.69, 9.17) is 0 Å². The molecule has 5 nitrogen and oxygen atoms in total. The Morgan fingerprint density at radius 1 is 1.18 bits per heavy atom. The molecule has 2 aromatic heterocycles. The number of aromatic nitrogens is 2. The maximum absolute atomic E-state index is 12.1. The molecular weight excluding hydrogens is 298 g/mol. The zero-order valence-corrected chi connectivity index (χ0v) is 12.4. The van der Waals surface area contributed by atoms with Crippen molar-refractivity contribution in [2.24, 2.45) is 0 Å². The minimum Gasteiger partial charge on any atom is -0.345 e. The van der Waals surface area contributed by atoms with E-state index in [0.29, 0.717) is 12.2 Å². The first-order valence-electron chi connectivity index (χ1n) is 6.69.